The molecule has 136 valence electrons. The highest BCUT2D eigenvalue weighted by Crippen LogP contribution is 2.15. The summed E-state index contributed by atoms with van der Waals surface area (Å²) in [6.07, 6.45) is 0. The van der Waals surface area contributed by atoms with Crippen molar-refractivity contribution in [1.29, 1.82) is 0 Å². The Morgan fingerprint density at radius 3 is 2.04 bits per heavy atom. The van der Waals surface area contributed by atoms with Crippen molar-refractivity contribution >= 4 is 29.1 Å². The highest BCUT2D eigenvalue weighted by molar-refractivity contribution is 6.30. The number of anilines is 1. The first kappa shape index (κ1) is 18.7. The third-order valence-corrected chi connectivity index (χ3v) is 4.46. The van der Waals surface area contributed by atoms with E-state index in [9.17, 15) is 9.59 Å². The molecular formula is C22H19ClN2O2. The summed E-state index contributed by atoms with van der Waals surface area (Å²) in [5, 5.41) is 6.29. The molecule has 0 aliphatic heterocycles. The molecule has 3 aromatic carbocycles. The molecule has 0 fully saturated rings. The zero-order chi connectivity index (χ0) is 19.2. The molecular weight excluding hydrogens is 360 g/mol. The van der Waals surface area contributed by atoms with Gasteiger partial charge in [-0.1, -0.05) is 35.9 Å². The number of hydrogen-bond acceptors (Lipinski definition) is 2. The van der Waals surface area contributed by atoms with Crippen LogP contribution in [0.15, 0.2) is 72.8 Å². The summed E-state index contributed by atoms with van der Waals surface area (Å²) >= 11 is 5.84. The molecule has 0 atom stereocenters. The fraction of sp³-hybridized carbons (Fsp3) is 0.0909. The van der Waals surface area contributed by atoms with Gasteiger partial charge >= 0.3 is 0 Å². The van der Waals surface area contributed by atoms with Crippen molar-refractivity contribution in [2.75, 3.05) is 5.32 Å². The Hall–Kier alpha value is -3.11. The monoisotopic (exact) mass is 378 g/mol. The van der Waals surface area contributed by atoms with Crippen LogP contribution in [0.1, 0.15) is 31.8 Å². The second-order valence-corrected chi connectivity index (χ2v) is 6.58. The van der Waals surface area contributed by atoms with E-state index in [0.29, 0.717) is 28.4 Å². The first-order valence-electron chi connectivity index (χ1n) is 8.52. The number of halogens is 1. The van der Waals surface area contributed by atoms with Crippen LogP contribution in [0.2, 0.25) is 5.02 Å². The van der Waals surface area contributed by atoms with Gasteiger partial charge in [-0.05, 0) is 66.6 Å². The Morgan fingerprint density at radius 2 is 1.41 bits per heavy atom. The zero-order valence-corrected chi connectivity index (χ0v) is 15.6. The van der Waals surface area contributed by atoms with E-state index in [0.717, 1.165) is 11.1 Å². The van der Waals surface area contributed by atoms with Crippen LogP contribution in [0.4, 0.5) is 5.69 Å². The van der Waals surface area contributed by atoms with Crippen LogP contribution in [0.5, 0.6) is 0 Å². The molecule has 2 amide bonds. The third kappa shape index (κ3) is 4.96. The molecule has 4 nitrogen and oxygen atoms in total. The Bertz CT molecular complexity index is 951. The molecule has 5 heteroatoms. The van der Waals surface area contributed by atoms with E-state index in [-0.39, 0.29) is 11.8 Å². The van der Waals surface area contributed by atoms with Gasteiger partial charge in [0.1, 0.15) is 0 Å². The number of hydrogen-bond donors (Lipinski definition) is 2. The molecule has 3 rings (SSSR count). The standard InChI is InChI=1S/C22H19ClN2O2/c1-15-4-2-3-5-18(15)14-24-21(26)16-6-8-17(9-7-16)22(27)25-20-12-10-19(23)11-13-20/h2-13H,14H2,1H3,(H,24,26)(H,25,27). The minimum Gasteiger partial charge on any atom is -0.348 e. The summed E-state index contributed by atoms with van der Waals surface area (Å²) in [5.41, 5.74) is 3.84. The van der Waals surface area contributed by atoms with Crippen LogP contribution in [0.25, 0.3) is 0 Å². The van der Waals surface area contributed by atoms with E-state index in [1.165, 1.54) is 0 Å². The summed E-state index contributed by atoms with van der Waals surface area (Å²) < 4.78 is 0. The van der Waals surface area contributed by atoms with Crippen molar-refractivity contribution in [3.8, 4) is 0 Å². The van der Waals surface area contributed by atoms with Crippen LogP contribution in [-0.2, 0) is 6.54 Å². The van der Waals surface area contributed by atoms with Gasteiger partial charge in [0.25, 0.3) is 11.8 Å². The second-order valence-electron chi connectivity index (χ2n) is 6.15. The first-order chi connectivity index (χ1) is 13.0. The fourth-order valence-corrected chi connectivity index (χ4v) is 2.72. The average Bonchev–Trinajstić information content (AvgIpc) is 2.69. The Morgan fingerprint density at radius 1 is 0.815 bits per heavy atom. The van der Waals surface area contributed by atoms with Gasteiger partial charge in [0.2, 0.25) is 0 Å². The summed E-state index contributed by atoms with van der Waals surface area (Å²) in [5.74, 6) is -0.424. The molecule has 0 aliphatic carbocycles. The van der Waals surface area contributed by atoms with Gasteiger partial charge in [-0.3, -0.25) is 9.59 Å². The van der Waals surface area contributed by atoms with Crippen molar-refractivity contribution in [1.82, 2.24) is 5.32 Å². The number of carbonyl (C=O) groups excluding carboxylic acids is 2. The van der Waals surface area contributed by atoms with Gasteiger partial charge in [0.05, 0.1) is 0 Å². The van der Waals surface area contributed by atoms with E-state index in [1.54, 1.807) is 48.5 Å². The van der Waals surface area contributed by atoms with Crippen molar-refractivity contribution in [3.05, 3.63) is 100 Å². The molecule has 0 unspecified atom stereocenters. The van der Waals surface area contributed by atoms with Gasteiger partial charge in [0.15, 0.2) is 0 Å². The summed E-state index contributed by atoms with van der Waals surface area (Å²) in [4.78, 5) is 24.6. The first-order valence-corrected chi connectivity index (χ1v) is 8.90. The topological polar surface area (TPSA) is 58.2 Å². The van der Waals surface area contributed by atoms with Crippen LogP contribution in [0.3, 0.4) is 0 Å². The summed E-state index contributed by atoms with van der Waals surface area (Å²) in [6.45, 7) is 2.47. The quantitative estimate of drug-likeness (QED) is 0.668. The molecule has 0 spiro atoms. The Balaban J connectivity index is 1.60. The number of nitrogens with one attached hydrogen (secondary N) is 2. The van der Waals surface area contributed by atoms with Gasteiger partial charge < -0.3 is 10.6 Å². The van der Waals surface area contributed by atoms with Crippen LogP contribution in [-0.4, -0.2) is 11.8 Å². The van der Waals surface area contributed by atoms with Crippen molar-refractivity contribution < 1.29 is 9.59 Å². The highest BCUT2D eigenvalue weighted by atomic mass is 35.5. The Kier molecular flexibility index (Phi) is 5.89. The largest absolute Gasteiger partial charge is 0.348 e. The normalized spacial score (nSPS) is 10.3. The van der Waals surface area contributed by atoms with Crippen LogP contribution in [0, 0.1) is 6.92 Å². The van der Waals surface area contributed by atoms with E-state index in [2.05, 4.69) is 10.6 Å². The lowest BCUT2D eigenvalue weighted by Crippen LogP contribution is -2.23. The number of amides is 2. The third-order valence-electron chi connectivity index (χ3n) is 4.21. The molecule has 0 radical (unpaired) electrons. The number of aryl methyl sites for hydroxylation is 1. The van der Waals surface area contributed by atoms with Gasteiger partial charge in [0, 0.05) is 28.4 Å². The maximum Gasteiger partial charge on any atom is 0.255 e. The molecule has 0 saturated heterocycles. The minimum atomic E-state index is -0.246. The lowest BCUT2D eigenvalue weighted by Gasteiger charge is -2.09. The van der Waals surface area contributed by atoms with Crippen molar-refractivity contribution in [2.45, 2.75) is 13.5 Å². The highest BCUT2D eigenvalue weighted by Gasteiger charge is 2.10. The summed E-state index contributed by atoms with van der Waals surface area (Å²) in [7, 11) is 0. The van der Waals surface area contributed by atoms with E-state index < -0.39 is 0 Å². The van der Waals surface area contributed by atoms with Crippen LogP contribution < -0.4 is 10.6 Å². The van der Waals surface area contributed by atoms with Gasteiger partial charge in [-0.2, -0.15) is 0 Å². The van der Waals surface area contributed by atoms with E-state index >= 15 is 0 Å². The van der Waals surface area contributed by atoms with Crippen molar-refractivity contribution in [2.24, 2.45) is 0 Å². The fourth-order valence-electron chi connectivity index (χ4n) is 2.60. The van der Waals surface area contributed by atoms with Crippen LogP contribution >= 0.6 is 11.6 Å². The number of carbonyl (C=O) groups is 2. The molecule has 0 saturated carbocycles. The number of rotatable bonds is 5. The second kappa shape index (κ2) is 8.52. The predicted molar refractivity (Wildman–Crippen MR) is 108 cm³/mol. The molecule has 27 heavy (non-hydrogen) atoms. The molecule has 0 bridgehead atoms. The molecule has 0 aliphatic rings. The number of benzene rings is 3. The zero-order valence-electron chi connectivity index (χ0n) is 14.8. The van der Waals surface area contributed by atoms with Gasteiger partial charge in [-0.25, -0.2) is 0 Å². The average molecular weight is 379 g/mol. The molecule has 2 N–H and O–H groups in total. The van der Waals surface area contributed by atoms with E-state index in [4.69, 9.17) is 11.6 Å². The van der Waals surface area contributed by atoms with E-state index in [1.807, 2.05) is 31.2 Å². The predicted octanol–water partition coefficient (Wildman–Crippen LogP) is 4.83. The van der Waals surface area contributed by atoms with Crippen molar-refractivity contribution in [3.63, 3.8) is 0 Å². The molecule has 3 aromatic rings. The lowest BCUT2D eigenvalue weighted by atomic mass is 10.1. The minimum absolute atomic E-state index is 0.178. The van der Waals surface area contributed by atoms with Gasteiger partial charge in [-0.15, -0.1) is 0 Å². The lowest BCUT2D eigenvalue weighted by molar-refractivity contribution is 0.0949. The molecule has 0 aromatic heterocycles. The maximum absolute atomic E-state index is 12.3. The smallest absolute Gasteiger partial charge is 0.255 e. The SMILES string of the molecule is Cc1ccccc1CNC(=O)c1ccc(C(=O)Nc2ccc(Cl)cc2)cc1. The Labute approximate surface area is 163 Å². The maximum atomic E-state index is 12.3. The molecule has 0 heterocycles. The summed E-state index contributed by atoms with van der Waals surface area (Å²) in [6, 6.07) is 21.3.